The lowest BCUT2D eigenvalue weighted by Crippen LogP contribution is -2.14. The fourth-order valence-electron chi connectivity index (χ4n) is 1.36. The number of anilines is 1. The topological polar surface area (TPSA) is 59.1 Å². The monoisotopic (exact) mass is 370 g/mol. The predicted molar refractivity (Wildman–Crippen MR) is 81.5 cm³/mol. The molecule has 2 rings (SSSR count). The van der Waals surface area contributed by atoms with E-state index in [1.807, 2.05) is 0 Å². The third kappa shape index (κ3) is 3.48. The van der Waals surface area contributed by atoms with Crippen LogP contribution in [0.4, 0.5) is 5.82 Å². The van der Waals surface area contributed by atoms with Crippen LogP contribution in [0.25, 0.3) is 0 Å². The summed E-state index contributed by atoms with van der Waals surface area (Å²) in [5.74, 6) is -0.0738. The minimum absolute atomic E-state index is 0.00543. The maximum absolute atomic E-state index is 12.2. The Hall–Kier alpha value is -0.720. The Balaban J connectivity index is 2.43. The number of nitrogens with zero attached hydrogens (tertiary/aromatic N) is 1. The molecule has 0 atom stereocenters. The molecule has 0 radical (unpaired) electrons. The summed E-state index contributed by atoms with van der Waals surface area (Å²) in [6.07, 6.45) is 1.33. The van der Waals surface area contributed by atoms with Gasteiger partial charge in [-0.1, -0.05) is 46.4 Å². The number of pyridine rings is 1. The number of aromatic nitrogens is 1. The van der Waals surface area contributed by atoms with Gasteiger partial charge < -0.3 is 0 Å². The van der Waals surface area contributed by atoms with Gasteiger partial charge in [-0.15, -0.1) is 0 Å². The molecule has 0 aliphatic carbocycles. The molecule has 4 nitrogen and oxygen atoms in total. The molecule has 0 aliphatic rings. The van der Waals surface area contributed by atoms with E-state index in [0.29, 0.717) is 0 Å². The summed E-state index contributed by atoms with van der Waals surface area (Å²) in [6, 6.07) is 5.38. The lowest BCUT2D eigenvalue weighted by atomic mass is 10.4. The second-order valence-electron chi connectivity index (χ2n) is 3.67. The molecular formula is C11H6Cl4N2O2S. The highest BCUT2D eigenvalue weighted by Crippen LogP contribution is 2.30. The minimum Gasteiger partial charge on any atom is -0.262 e. The van der Waals surface area contributed by atoms with E-state index in [1.54, 1.807) is 0 Å². The van der Waals surface area contributed by atoms with Crippen molar-refractivity contribution in [3.8, 4) is 0 Å². The van der Waals surface area contributed by atoms with E-state index in [-0.39, 0.29) is 30.8 Å². The number of rotatable bonds is 3. The zero-order valence-electron chi connectivity index (χ0n) is 9.57. The third-order valence-corrected chi connectivity index (χ3v) is 4.77. The van der Waals surface area contributed by atoms with E-state index < -0.39 is 10.0 Å². The minimum atomic E-state index is -3.92. The summed E-state index contributed by atoms with van der Waals surface area (Å²) >= 11 is 23.2. The lowest BCUT2D eigenvalue weighted by Gasteiger charge is -2.10. The van der Waals surface area contributed by atoms with Gasteiger partial charge in [0.05, 0.1) is 9.92 Å². The number of halogens is 4. The lowest BCUT2D eigenvalue weighted by molar-refractivity contribution is 0.601. The second kappa shape index (κ2) is 5.95. The van der Waals surface area contributed by atoms with E-state index in [4.69, 9.17) is 46.4 Å². The van der Waals surface area contributed by atoms with Crippen LogP contribution in [0, 0.1) is 0 Å². The number of benzene rings is 1. The van der Waals surface area contributed by atoms with Crippen LogP contribution in [-0.4, -0.2) is 13.4 Å². The van der Waals surface area contributed by atoms with Gasteiger partial charge in [-0.2, -0.15) is 0 Å². The Morgan fingerprint density at radius 3 is 2.20 bits per heavy atom. The smallest absolute Gasteiger partial charge is 0.262 e. The molecule has 20 heavy (non-hydrogen) atoms. The highest BCUT2D eigenvalue weighted by atomic mass is 35.5. The first-order valence-corrected chi connectivity index (χ1v) is 8.08. The molecule has 106 valence electrons. The molecule has 2 aromatic rings. The SMILES string of the molecule is O=S(=O)(Nc1nccc(Cl)c1Cl)c1cc(Cl)cc(Cl)c1. The number of hydrogen-bond acceptors (Lipinski definition) is 3. The van der Waals surface area contributed by atoms with Crippen molar-refractivity contribution in [2.45, 2.75) is 4.90 Å². The Bertz CT molecular complexity index is 745. The molecule has 0 spiro atoms. The van der Waals surface area contributed by atoms with Gasteiger partial charge in [-0.25, -0.2) is 13.4 Å². The van der Waals surface area contributed by atoms with Gasteiger partial charge in [0.25, 0.3) is 10.0 Å². The van der Waals surface area contributed by atoms with E-state index >= 15 is 0 Å². The van der Waals surface area contributed by atoms with Gasteiger partial charge in [0, 0.05) is 16.2 Å². The summed E-state index contributed by atoms with van der Waals surface area (Å²) in [6.45, 7) is 0. The highest BCUT2D eigenvalue weighted by Gasteiger charge is 2.18. The summed E-state index contributed by atoms with van der Waals surface area (Å²) < 4.78 is 26.6. The zero-order valence-corrected chi connectivity index (χ0v) is 13.4. The molecule has 0 fully saturated rings. The first-order valence-electron chi connectivity index (χ1n) is 5.08. The summed E-state index contributed by atoms with van der Waals surface area (Å²) in [7, 11) is -3.92. The second-order valence-corrected chi connectivity index (χ2v) is 7.01. The van der Waals surface area contributed by atoms with Crippen LogP contribution >= 0.6 is 46.4 Å². The van der Waals surface area contributed by atoms with Crippen molar-refractivity contribution >= 4 is 62.2 Å². The maximum atomic E-state index is 12.2. The van der Waals surface area contributed by atoms with Crippen LogP contribution in [0.5, 0.6) is 0 Å². The van der Waals surface area contributed by atoms with E-state index in [1.165, 1.54) is 30.5 Å². The van der Waals surface area contributed by atoms with Gasteiger partial charge >= 0.3 is 0 Å². The molecular weight excluding hydrogens is 366 g/mol. The third-order valence-electron chi connectivity index (χ3n) is 2.22. The molecule has 0 amide bonds. The van der Waals surface area contributed by atoms with Crippen molar-refractivity contribution in [1.82, 2.24) is 4.98 Å². The quantitative estimate of drug-likeness (QED) is 0.864. The van der Waals surface area contributed by atoms with Crippen molar-refractivity contribution < 1.29 is 8.42 Å². The average Bonchev–Trinajstić information content (AvgIpc) is 2.33. The van der Waals surface area contributed by atoms with Crippen LogP contribution in [0.2, 0.25) is 20.1 Å². The molecule has 1 heterocycles. The van der Waals surface area contributed by atoms with E-state index in [2.05, 4.69) is 9.71 Å². The predicted octanol–water partition coefficient (Wildman–Crippen LogP) is 4.50. The first kappa shape index (κ1) is 15.7. The largest absolute Gasteiger partial charge is 0.263 e. The van der Waals surface area contributed by atoms with Crippen LogP contribution in [-0.2, 0) is 10.0 Å². The summed E-state index contributed by atoms with van der Waals surface area (Å²) in [5.41, 5.74) is 0. The number of hydrogen-bond donors (Lipinski definition) is 1. The van der Waals surface area contributed by atoms with Crippen molar-refractivity contribution in [1.29, 1.82) is 0 Å². The van der Waals surface area contributed by atoms with Crippen molar-refractivity contribution in [2.24, 2.45) is 0 Å². The summed E-state index contributed by atoms with van der Waals surface area (Å²) in [4.78, 5) is 3.72. The number of sulfonamides is 1. The van der Waals surface area contributed by atoms with Crippen LogP contribution in [0.1, 0.15) is 0 Å². The van der Waals surface area contributed by atoms with E-state index in [0.717, 1.165) is 0 Å². The van der Waals surface area contributed by atoms with Gasteiger partial charge in [0.1, 0.15) is 5.02 Å². The Kier molecular flexibility index (Phi) is 4.66. The van der Waals surface area contributed by atoms with Crippen LogP contribution in [0.15, 0.2) is 35.4 Å². The molecule has 1 aromatic heterocycles. The Morgan fingerprint density at radius 2 is 1.60 bits per heavy atom. The van der Waals surface area contributed by atoms with E-state index in [9.17, 15) is 8.42 Å². The molecule has 0 bridgehead atoms. The zero-order chi connectivity index (χ0) is 14.9. The van der Waals surface area contributed by atoms with Gasteiger partial charge in [-0.05, 0) is 24.3 Å². The fraction of sp³-hybridized carbons (Fsp3) is 0. The highest BCUT2D eigenvalue weighted by molar-refractivity contribution is 7.92. The standard InChI is InChI=1S/C11H6Cl4N2O2S/c12-6-3-7(13)5-8(4-6)20(18,19)17-11-10(15)9(14)1-2-16-11/h1-5H,(H,16,17). The van der Waals surface area contributed by atoms with Crippen molar-refractivity contribution in [3.63, 3.8) is 0 Å². The van der Waals surface area contributed by atoms with Crippen molar-refractivity contribution in [2.75, 3.05) is 4.72 Å². The van der Waals surface area contributed by atoms with Gasteiger partial charge in [-0.3, -0.25) is 4.72 Å². The molecule has 0 saturated carbocycles. The Morgan fingerprint density at radius 1 is 1.00 bits per heavy atom. The molecule has 1 N–H and O–H groups in total. The summed E-state index contributed by atoms with van der Waals surface area (Å²) in [5, 5.41) is 0.584. The van der Waals surface area contributed by atoms with Gasteiger partial charge in [0.15, 0.2) is 5.82 Å². The van der Waals surface area contributed by atoms with Crippen molar-refractivity contribution in [3.05, 3.63) is 50.6 Å². The number of nitrogens with one attached hydrogen (secondary N) is 1. The Labute approximate surface area is 135 Å². The maximum Gasteiger partial charge on any atom is 0.263 e. The first-order chi connectivity index (χ1) is 9.29. The van der Waals surface area contributed by atoms with Crippen LogP contribution < -0.4 is 4.72 Å². The fourth-order valence-corrected chi connectivity index (χ4v) is 3.47. The molecule has 0 unspecified atom stereocenters. The molecule has 0 aliphatic heterocycles. The normalized spacial score (nSPS) is 11.4. The molecule has 1 aromatic carbocycles. The van der Waals surface area contributed by atoms with Crippen LogP contribution in [0.3, 0.4) is 0 Å². The molecule has 9 heteroatoms. The van der Waals surface area contributed by atoms with Gasteiger partial charge in [0.2, 0.25) is 0 Å². The molecule has 0 saturated heterocycles. The average molecular weight is 372 g/mol.